The van der Waals surface area contributed by atoms with E-state index in [1.165, 1.54) is 25.3 Å². The van der Waals surface area contributed by atoms with Crippen LogP contribution >= 0.6 is 11.6 Å². The predicted molar refractivity (Wildman–Crippen MR) is 122 cm³/mol. The summed E-state index contributed by atoms with van der Waals surface area (Å²) < 4.78 is 33.7. The van der Waals surface area contributed by atoms with Crippen LogP contribution in [-0.4, -0.2) is 27.5 Å². The van der Waals surface area contributed by atoms with Crippen LogP contribution in [0.3, 0.4) is 0 Å². The number of nitrogens with one attached hydrogen (secondary N) is 1. The number of ether oxygens (including phenoxy) is 1. The van der Waals surface area contributed by atoms with Gasteiger partial charge in [0.1, 0.15) is 5.75 Å². The van der Waals surface area contributed by atoms with Crippen LogP contribution in [0.2, 0.25) is 5.02 Å². The molecule has 1 aliphatic heterocycles. The third-order valence-electron chi connectivity index (χ3n) is 5.22. The molecule has 8 heteroatoms. The van der Waals surface area contributed by atoms with Gasteiger partial charge in [0.2, 0.25) is 0 Å². The quantitative estimate of drug-likeness (QED) is 0.601. The van der Waals surface area contributed by atoms with Gasteiger partial charge in [-0.3, -0.25) is 9.52 Å². The minimum Gasteiger partial charge on any atom is -0.495 e. The summed E-state index contributed by atoms with van der Waals surface area (Å²) in [4.78, 5) is 15.0. The molecule has 6 nitrogen and oxygen atoms in total. The van der Waals surface area contributed by atoms with Gasteiger partial charge < -0.3 is 9.64 Å². The van der Waals surface area contributed by atoms with Crippen molar-refractivity contribution >= 4 is 38.9 Å². The number of carbonyl (C=O) groups excluding carboxylic acids is 1. The lowest BCUT2D eigenvalue weighted by Gasteiger charge is -2.23. The number of hydrogen-bond acceptors (Lipinski definition) is 4. The fourth-order valence-electron chi connectivity index (χ4n) is 3.77. The standard InChI is InChI=1S/C23H21ClN2O4S/c1-15-12-16-6-3-4-9-21(16)26(15)23(27)17-7-5-8-19(13-17)31(28,29)25-20-14-18(24)10-11-22(20)30-2/h3-11,13-15,25H,12H2,1-2H3. The highest BCUT2D eigenvalue weighted by Gasteiger charge is 2.31. The normalized spacial score (nSPS) is 15.5. The number of fused-ring (bicyclic) bond motifs is 1. The Morgan fingerprint density at radius 2 is 1.87 bits per heavy atom. The van der Waals surface area contributed by atoms with Gasteiger partial charge in [0.05, 0.1) is 17.7 Å². The molecule has 3 aromatic rings. The van der Waals surface area contributed by atoms with Crippen molar-refractivity contribution in [3.05, 3.63) is 82.9 Å². The van der Waals surface area contributed by atoms with Crippen molar-refractivity contribution in [1.82, 2.24) is 0 Å². The first-order chi connectivity index (χ1) is 14.8. The van der Waals surface area contributed by atoms with Crippen LogP contribution in [0.1, 0.15) is 22.8 Å². The molecule has 0 saturated heterocycles. The van der Waals surface area contributed by atoms with Gasteiger partial charge in [0.25, 0.3) is 15.9 Å². The second kappa shape index (κ2) is 8.24. The first-order valence-electron chi connectivity index (χ1n) is 9.68. The van der Waals surface area contributed by atoms with Crippen LogP contribution in [-0.2, 0) is 16.4 Å². The van der Waals surface area contributed by atoms with Crippen molar-refractivity contribution in [1.29, 1.82) is 0 Å². The van der Waals surface area contributed by atoms with E-state index < -0.39 is 10.0 Å². The fraction of sp³-hybridized carbons (Fsp3) is 0.174. The van der Waals surface area contributed by atoms with Crippen LogP contribution in [0, 0.1) is 0 Å². The van der Waals surface area contributed by atoms with E-state index in [4.69, 9.17) is 16.3 Å². The van der Waals surface area contributed by atoms with Crippen LogP contribution in [0.5, 0.6) is 5.75 Å². The molecule has 1 heterocycles. The fourth-order valence-corrected chi connectivity index (χ4v) is 5.05. The summed E-state index contributed by atoms with van der Waals surface area (Å²) in [5.41, 5.74) is 2.47. The zero-order valence-electron chi connectivity index (χ0n) is 17.0. The van der Waals surface area contributed by atoms with Crippen LogP contribution in [0.4, 0.5) is 11.4 Å². The van der Waals surface area contributed by atoms with Crippen molar-refractivity contribution in [2.24, 2.45) is 0 Å². The monoisotopic (exact) mass is 456 g/mol. The average molecular weight is 457 g/mol. The summed E-state index contributed by atoms with van der Waals surface area (Å²) in [6.07, 6.45) is 0.760. The molecule has 0 spiro atoms. The number of sulfonamides is 1. The molecular weight excluding hydrogens is 436 g/mol. The van der Waals surface area contributed by atoms with Gasteiger partial charge in [-0.15, -0.1) is 0 Å². The van der Waals surface area contributed by atoms with Crippen molar-refractivity contribution < 1.29 is 17.9 Å². The van der Waals surface area contributed by atoms with E-state index in [1.807, 2.05) is 31.2 Å². The third-order valence-corrected chi connectivity index (χ3v) is 6.82. The largest absolute Gasteiger partial charge is 0.495 e. The van der Waals surface area contributed by atoms with E-state index in [0.29, 0.717) is 16.3 Å². The van der Waals surface area contributed by atoms with Gasteiger partial charge in [-0.05, 0) is 61.4 Å². The number of halogens is 1. The molecule has 0 fully saturated rings. The van der Waals surface area contributed by atoms with Crippen LogP contribution in [0.15, 0.2) is 71.6 Å². The minimum atomic E-state index is -3.98. The molecule has 0 aliphatic carbocycles. The summed E-state index contributed by atoms with van der Waals surface area (Å²) in [6, 6.07) is 18.4. The summed E-state index contributed by atoms with van der Waals surface area (Å²) in [5.74, 6) is 0.0949. The molecule has 1 unspecified atom stereocenters. The maximum Gasteiger partial charge on any atom is 0.262 e. The Morgan fingerprint density at radius 1 is 1.10 bits per heavy atom. The lowest BCUT2D eigenvalue weighted by Crippen LogP contribution is -2.35. The number of amides is 1. The number of nitrogens with zero attached hydrogens (tertiary/aromatic N) is 1. The molecule has 3 aromatic carbocycles. The van der Waals surface area contributed by atoms with Gasteiger partial charge in [0.15, 0.2) is 0 Å². The maximum absolute atomic E-state index is 13.3. The van der Waals surface area contributed by atoms with Gasteiger partial charge in [-0.2, -0.15) is 0 Å². The number of benzene rings is 3. The Kier molecular flexibility index (Phi) is 5.64. The Hall–Kier alpha value is -3.03. The summed E-state index contributed by atoms with van der Waals surface area (Å²) in [7, 11) is -2.54. The van der Waals surface area contributed by atoms with Crippen LogP contribution < -0.4 is 14.4 Å². The van der Waals surface area contributed by atoms with E-state index in [2.05, 4.69) is 4.72 Å². The third kappa shape index (κ3) is 4.11. The van der Waals surface area contributed by atoms with E-state index in [-0.39, 0.29) is 22.5 Å². The molecule has 160 valence electrons. The molecule has 1 atom stereocenters. The molecule has 1 amide bonds. The Balaban J connectivity index is 1.66. The molecule has 1 N–H and O–H groups in total. The predicted octanol–water partition coefficient (Wildman–Crippen LogP) is 4.74. The molecule has 1 aliphatic rings. The molecule has 0 radical (unpaired) electrons. The Morgan fingerprint density at radius 3 is 2.65 bits per heavy atom. The number of anilines is 2. The van der Waals surface area contributed by atoms with E-state index in [1.54, 1.807) is 29.2 Å². The number of rotatable bonds is 5. The zero-order valence-corrected chi connectivity index (χ0v) is 18.6. The van der Waals surface area contributed by atoms with Crippen molar-refractivity contribution in [2.75, 3.05) is 16.7 Å². The molecule has 0 saturated carbocycles. The van der Waals surface area contributed by atoms with Gasteiger partial charge in [-0.1, -0.05) is 35.9 Å². The van der Waals surface area contributed by atoms with Gasteiger partial charge in [-0.25, -0.2) is 8.42 Å². The maximum atomic E-state index is 13.3. The van der Waals surface area contributed by atoms with Crippen molar-refractivity contribution in [2.45, 2.75) is 24.3 Å². The summed E-state index contributed by atoms with van der Waals surface area (Å²) >= 11 is 6.00. The topological polar surface area (TPSA) is 75.7 Å². The number of para-hydroxylation sites is 1. The Bertz CT molecular complexity index is 1260. The van der Waals surface area contributed by atoms with E-state index >= 15 is 0 Å². The van der Waals surface area contributed by atoms with Gasteiger partial charge >= 0.3 is 0 Å². The van der Waals surface area contributed by atoms with Crippen molar-refractivity contribution in [3.63, 3.8) is 0 Å². The highest BCUT2D eigenvalue weighted by Crippen LogP contribution is 2.34. The second-order valence-electron chi connectivity index (χ2n) is 7.33. The SMILES string of the molecule is COc1ccc(Cl)cc1NS(=O)(=O)c1cccc(C(=O)N2c3ccccc3CC2C)c1. The highest BCUT2D eigenvalue weighted by molar-refractivity contribution is 7.92. The Labute approximate surface area is 186 Å². The highest BCUT2D eigenvalue weighted by atomic mass is 35.5. The lowest BCUT2D eigenvalue weighted by atomic mass is 10.1. The molecule has 0 aromatic heterocycles. The second-order valence-corrected chi connectivity index (χ2v) is 9.45. The first kappa shape index (κ1) is 21.2. The van der Waals surface area contributed by atoms with Crippen LogP contribution in [0.25, 0.3) is 0 Å². The molecule has 31 heavy (non-hydrogen) atoms. The number of hydrogen-bond donors (Lipinski definition) is 1. The van der Waals surface area contributed by atoms with Gasteiger partial charge in [0, 0.05) is 22.3 Å². The summed E-state index contributed by atoms with van der Waals surface area (Å²) in [6.45, 7) is 1.98. The smallest absolute Gasteiger partial charge is 0.262 e. The van der Waals surface area contributed by atoms with E-state index in [0.717, 1.165) is 17.7 Å². The number of methoxy groups -OCH3 is 1. The van der Waals surface area contributed by atoms with E-state index in [9.17, 15) is 13.2 Å². The molecular formula is C23H21ClN2O4S. The first-order valence-corrected chi connectivity index (χ1v) is 11.5. The average Bonchev–Trinajstić information content (AvgIpc) is 3.09. The van der Waals surface area contributed by atoms with Crippen molar-refractivity contribution in [3.8, 4) is 5.75 Å². The molecule has 0 bridgehead atoms. The zero-order chi connectivity index (χ0) is 22.2. The lowest BCUT2D eigenvalue weighted by molar-refractivity contribution is 0.0981. The minimum absolute atomic E-state index is 0.0148. The summed E-state index contributed by atoms with van der Waals surface area (Å²) in [5, 5.41) is 0.365. The molecule has 4 rings (SSSR count). The number of carbonyl (C=O) groups is 1.